The second-order valence-corrected chi connectivity index (χ2v) is 2.81. The molecule has 3 heteroatoms. The van der Waals surface area contributed by atoms with Crippen molar-refractivity contribution >= 4 is 0 Å². The molecule has 0 bridgehead atoms. The summed E-state index contributed by atoms with van der Waals surface area (Å²) in [6, 6.07) is 2.16. The van der Waals surface area contributed by atoms with E-state index in [1.54, 1.807) is 0 Å². The van der Waals surface area contributed by atoms with Gasteiger partial charge in [-0.1, -0.05) is 0 Å². The molecular formula is C8H14BrN2-. The summed E-state index contributed by atoms with van der Waals surface area (Å²) < 4.78 is 0. The fraction of sp³-hybridized carbons (Fsp3) is 0.875. The maximum absolute atomic E-state index is 8.27. The molecule has 0 unspecified atom stereocenters. The average Bonchev–Trinajstić information content (AvgIpc) is 2.41. The van der Waals surface area contributed by atoms with Crippen LogP contribution in [0.15, 0.2) is 0 Å². The minimum absolute atomic E-state index is 0. The Labute approximate surface area is 79.0 Å². The molecule has 1 heterocycles. The van der Waals surface area contributed by atoms with Crippen molar-refractivity contribution in [1.29, 1.82) is 5.26 Å². The molecule has 0 aromatic carbocycles. The molecule has 11 heavy (non-hydrogen) atoms. The topological polar surface area (TPSA) is 27.0 Å². The zero-order valence-corrected chi connectivity index (χ0v) is 8.31. The maximum atomic E-state index is 8.27. The van der Waals surface area contributed by atoms with E-state index in [9.17, 15) is 0 Å². The summed E-state index contributed by atoms with van der Waals surface area (Å²) in [6.45, 7) is 3.64. The van der Waals surface area contributed by atoms with Gasteiger partial charge in [0.2, 0.25) is 0 Å². The molecule has 1 saturated heterocycles. The summed E-state index contributed by atoms with van der Waals surface area (Å²) >= 11 is 0. The molecule has 64 valence electrons. The quantitative estimate of drug-likeness (QED) is 0.533. The van der Waals surface area contributed by atoms with E-state index in [0.29, 0.717) is 0 Å². The fourth-order valence-electron chi connectivity index (χ4n) is 1.39. The molecule has 0 spiro atoms. The zero-order valence-electron chi connectivity index (χ0n) is 6.72. The molecule has 0 N–H and O–H groups in total. The van der Waals surface area contributed by atoms with Gasteiger partial charge in [0, 0.05) is 6.42 Å². The highest BCUT2D eigenvalue weighted by molar-refractivity contribution is 4.72. The Morgan fingerprint density at radius 3 is 2.45 bits per heavy atom. The lowest BCUT2D eigenvalue weighted by Crippen LogP contribution is -3.00. The Morgan fingerprint density at radius 2 is 1.91 bits per heavy atom. The lowest BCUT2D eigenvalue weighted by molar-refractivity contribution is -0.00000241. The first-order valence-electron chi connectivity index (χ1n) is 4.03. The van der Waals surface area contributed by atoms with Gasteiger partial charge in [0.25, 0.3) is 0 Å². The van der Waals surface area contributed by atoms with Crippen LogP contribution in [0.4, 0.5) is 0 Å². The van der Waals surface area contributed by atoms with E-state index in [1.807, 2.05) is 0 Å². The van der Waals surface area contributed by atoms with Crippen LogP contribution >= 0.6 is 0 Å². The normalized spacial score (nSPS) is 17.4. The highest BCUT2D eigenvalue weighted by Crippen LogP contribution is 2.07. The lowest BCUT2D eigenvalue weighted by Gasteiger charge is -2.11. The number of likely N-dealkylation sites (tertiary alicyclic amines) is 1. The van der Waals surface area contributed by atoms with Gasteiger partial charge in [-0.25, -0.2) is 0 Å². The molecule has 1 aliphatic heterocycles. The van der Waals surface area contributed by atoms with Gasteiger partial charge in [0.1, 0.15) is 0 Å². The Balaban J connectivity index is 0.000001000. The van der Waals surface area contributed by atoms with Crippen LogP contribution in [0.5, 0.6) is 0 Å². The minimum Gasteiger partial charge on any atom is -1.00 e. The molecule has 0 radical (unpaired) electrons. The van der Waals surface area contributed by atoms with Crippen LogP contribution in [0.2, 0.25) is 0 Å². The summed E-state index contributed by atoms with van der Waals surface area (Å²) in [5, 5.41) is 8.27. The van der Waals surface area contributed by atoms with Crippen LogP contribution in [0, 0.1) is 11.3 Å². The third-order valence-electron chi connectivity index (χ3n) is 1.96. The summed E-state index contributed by atoms with van der Waals surface area (Å²) in [7, 11) is 0. The SMILES string of the molecule is N#CCCCN1CCCC1.[Br-]. The highest BCUT2D eigenvalue weighted by atomic mass is 79.9. The predicted molar refractivity (Wildman–Crippen MR) is 40.5 cm³/mol. The number of rotatable bonds is 3. The maximum Gasteiger partial charge on any atom is 0.0622 e. The van der Waals surface area contributed by atoms with Crippen LogP contribution in [-0.4, -0.2) is 24.5 Å². The smallest absolute Gasteiger partial charge is 0.0622 e. The van der Waals surface area contributed by atoms with Gasteiger partial charge >= 0.3 is 0 Å². The Hall–Kier alpha value is -0.0700. The van der Waals surface area contributed by atoms with Crippen molar-refractivity contribution in [2.24, 2.45) is 0 Å². The standard InChI is InChI=1S/C8H14N2.BrH/c9-5-1-2-6-10-7-3-4-8-10;/h1-4,6-8H2;1H/p-1. The molecule has 0 atom stereocenters. The average molecular weight is 218 g/mol. The Kier molecular flexibility index (Phi) is 6.59. The highest BCUT2D eigenvalue weighted by Gasteiger charge is 2.09. The van der Waals surface area contributed by atoms with Gasteiger partial charge in [-0.05, 0) is 38.9 Å². The van der Waals surface area contributed by atoms with Crippen molar-refractivity contribution < 1.29 is 17.0 Å². The van der Waals surface area contributed by atoms with Crippen LogP contribution in [0.1, 0.15) is 25.7 Å². The first-order valence-corrected chi connectivity index (χ1v) is 4.03. The van der Waals surface area contributed by atoms with E-state index in [0.717, 1.165) is 19.4 Å². The van der Waals surface area contributed by atoms with E-state index in [1.165, 1.54) is 25.9 Å². The number of halogens is 1. The van der Waals surface area contributed by atoms with E-state index < -0.39 is 0 Å². The molecule has 0 amide bonds. The van der Waals surface area contributed by atoms with Gasteiger partial charge in [-0.3, -0.25) is 0 Å². The monoisotopic (exact) mass is 217 g/mol. The van der Waals surface area contributed by atoms with E-state index >= 15 is 0 Å². The first-order chi connectivity index (χ1) is 4.93. The van der Waals surface area contributed by atoms with Gasteiger partial charge in [-0.2, -0.15) is 5.26 Å². The van der Waals surface area contributed by atoms with Crippen LogP contribution in [0.25, 0.3) is 0 Å². The number of nitriles is 1. The van der Waals surface area contributed by atoms with Gasteiger partial charge < -0.3 is 21.9 Å². The molecule has 0 aliphatic carbocycles. The number of unbranched alkanes of at least 4 members (excludes halogenated alkanes) is 1. The number of hydrogen-bond acceptors (Lipinski definition) is 2. The van der Waals surface area contributed by atoms with E-state index in [2.05, 4.69) is 11.0 Å². The molecule has 1 rings (SSSR count). The van der Waals surface area contributed by atoms with Gasteiger partial charge in [0.05, 0.1) is 6.07 Å². The van der Waals surface area contributed by atoms with Crippen molar-refractivity contribution in [3.05, 3.63) is 0 Å². The van der Waals surface area contributed by atoms with Crippen molar-refractivity contribution in [1.82, 2.24) is 4.90 Å². The molecule has 1 aliphatic rings. The second kappa shape index (κ2) is 6.63. The molecule has 0 saturated carbocycles. The first kappa shape index (κ1) is 10.9. The van der Waals surface area contributed by atoms with Crippen LogP contribution < -0.4 is 17.0 Å². The van der Waals surface area contributed by atoms with Crippen LogP contribution in [-0.2, 0) is 0 Å². The van der Waals surface area contributed by atoms with Crippen molar-refractivity contribution in [3.63, 3.8) is 0 Å². The van der Waals surface area contributed by atoms with E-state index in [4.69, 9.17) is 5.26 Å². The van der Waals surface area contributed by atoms with Crippen LogP contribution in [0.3, 0.4) is 0 Å². The van der Waals surface area contributed by atoms with Crippen molar-refractivity contribution in [3.8, 4) is 6.07 Å². The molecule has 1 fully saturated rings. The summed E-state index contributed by atoms with van der Waals surface area (Å²) in [5.74, 6) is 0. The largest absolute Gasteiger partial charge is 1.00 e. The summed E-state index contributed by atoms with van der Waals surface area (Å²) in [4.78, 5) is 2.44. The lowest BCUT2D eigenvalue weighted by atomic mass is 10.3. The molecule has 0 aromatic rings. The fourth-order valence-corrected chi connectivity index (χ4v) is 1.39. The predicted octanol–water partition coefficient (Wildman–Crippen LogP) is -1.61. The number of nitrogens with zero attached hydrogens (tertiary/aromatic N) is 2. The van der Waals surface area contributed by atoms with Gasteiger partial charge in [-0.15, -0.1) is 0 Å². The third-order valence-corrected chi connectivity index (χ3v) is 1.96. The third kappa shape index (κ3) is 4.39. The zero-order chi connectivity index (χ0) is 7.23. The Bertz CT molecular complexity index is 125. The summed E-state index contributed by atoms with van der Waals surface area (Å²) in [5.41, 5.74) is 0. The van der Waals surface area contributed by atoms with Crippen molar-refractivity contribution in [2.75, 3.05) is 19.6 Å². The summed E-state index contributed by atoms with van der Waals surface area (Å²) in [6.07, 6.45) is 4.48. The Morgan fingerprint density at radius 1 is 1.27 bits per heavy atom. The van der Waals surface area contributed by atoms with E-state index in [-0.39, 0.29) is 17.0 Å². The number of hydrogen-bond donors (Lipinski definition) is 0. The van der Waals surface area contributed by atoms with Gasteiger partial charge in [0.15, 0.2) is 0 Å². The minimum atomic E-state index is 0. The molecular weight excluding hydrogens is 204 g/mol. The van der Waals surface area contributed by atoms with Crippen molar-refractivity contribution in [2.45, 2.75) is 25.7 Å². The second-order valence-electron chi connectivity index (χ2n) is 2.81. The molecule has 0 aromatic heterocycles. The molecule has 2 nitrogen and oxygen atoms in total.